The number of pyridine rings is 1. The van der Waals surface area contributed by atoms with Crippen LogP contribution in [0.25, 0.3) is 23.1 Å². The fraction of sp³-hybridized carbons (Fsp3) is 0.150. The van der Waals surface area contributed by atoms with Crippen molar-refractivity contribution in [1.29, 1.82) is 0 Å². The van der Waals surface area contributed by atoms with Crippen molar-refractivity contribution in [2.75, 3.05) is 14.2 Å². The van der Waals surface area contributed by atoms with E-state index in [-0.39, 0.29) is 0 Å². The molecule has 0 amide bonds. The predicted octanol–water partition coefficient (Wildman–Crippen LogP) is 3.85. The molecule has 0 atom stereocenters. The third-order valence-electron chi connectivity index (χ3n) is 3.94. The number of hydrogen-bond acceptors (Lipinski definition) is 2. The second kappa shape index (κ2) is 6.53. The maximum atomic E-state index is 5.35. The van der Waals surface area contributed by atoms with E-state index in [4.69, 9.17) is 9.47 Å². The minimum Gasteiger partial charge on any atom is -0.493 e. The van der Waals surface area contributed by atoms with Crippen molar-refractivity contribution in [1.82, 2.24) is 0 Å². The van der Waals surface area contributed by atoms with Gasteiger partial charge >= 0.3 is 0 Å². The number of aryl methyl sites for hydroxylation is 1. The molecule has 0 N–H and O–H groups in total. The van der Waals surface area contributed by atoms with E-state index in [1.807, 2.05) is 18.2 Å². The van der Waals surface area contributed by atoms with Gasteiger partial charge in [0, 0.05) is 12.1 Å². The van der Waals surface area contributed by atoms with Crippen LogP contribution in [0.4, 0.5) is 0 Å². The molecule has 0 aliphatic heterocycles. The summed E-state index contributed by atoms with van der Waals surface area (Å²) in [5.74, 6) is 1.47. The van der Waals surface area contributed by atoms with Gasteiger partial charge < -0.3 is 9.47 Å². The van der Waals surface area contributed by atoms with Gasteiger partial charge in [-0.3, -0.25) is 0 Å². The first-order valence-electron chi connectivity index (χ1n) is 7.50. The molecule has 0 aliphatic rings. The second-order valence-electron chi connectivity index (χ2n) is 5.35. The molecule has 1 aromatic heterocycles. The molecule has 3 aromatic rings. The zero-order chi connectivity index (χ0) is 16.2. The lowest BCUT2D eigenvalue weighted by Crippen LogP contribution is -2.28. The molecule has 0 bridgehead atoms. The predicted molar refractivity (Wildman–Crippen MR) is 93.6 cm³/mol. The minimum atomic E-state index is 0.735. The average molecular weight is 306 g/mol. The summed E-state index contributed by atoms with van der Waals surface area (Å²) in [7, 11) is 5.35. The number of nitrogens with zero attached hydrogens (tertiary/aromatic N) is 1. The summed E-state index contributed by atoms with van der Waals surface area (Å²) in [6.45, 7) is 0. The summed E-state index contributed by atoms with van der Waals surface area (Å²) in [4.78, 5) is 0. The highest BCUT2D eigenvalue weighted by atomic mass is 16.5. The number of aromatic nitrogens is 1. The van der Waals surface area contributed by atoms with Crippen LogP contribution < -0.4 is 14.0 Å². The summed E-state index contributed by atoms with van der Waals surface area (Å²) in [6, 6.07) is 16.4. The summed E-state index contributed by atoms with van der Waals surface area (Å²) < 4.78 is 12.8. The zero-order valence-corrected chi connectivity index (χ0v) is 13.6. The Morgan fingerprint density at radius 1 is 0.870 bits per heavy atom. The Kier molecular flexibility index (Phi) is 4.29. The van der Waals surface area contributed by atoms with E-state index in [0.29, 0.717) is 0 Å². The molecule has 0 saturated carbocycles. The molecule has 2 aromatic carbocycles. The zero-order valence-electron chi connectivity index (χ0n) is 13.6. The van der Waals surface area contributed by atoms with Crippen molar-refractivity contribution >= 4 is 23.1 Å². The van der Waals surface area contributed by atoms with Crippen LogP contribution in [0.5, 0.6) is 11.5 Å². The number of ether oxygens (including phenoxy) is 2. The highest BCUT2D eigenvalue weighted by Gasteiger charge is 2.07. The average Bonchev–Trinajstić information content (AvgIpc) is 2.61. The topological polar surface area (TPSA) is 22.3 Å². The lowest BCUT2D eigenvalue weighted by atomic mass is 10.1. The van der Waals surface area contributed by atoms with Crippen molar-refractivity contribution in [3.05, 3.63) is 65.9 Å². The molecule has 3 rings (SSSR count). The van der Waals surface area contributed by atoms with Crippen molar-refractivity contribution in [3.63, 3.8) is 0 Å². The van der Waals surface area contributed by atoms with Gasteiger partial charge in [-0.15, -0.1) is 0 Å². The second-order valence-corrected chi connectivity index (χ2v) is 5.35. The van der Waals surface area contributed by atoms with Crippen molar-refractivity contribution in [2.24, 2.45) is 7.05 Å². The molecule has 0 spiro atoms. The Labute approximate surface area is 136 Å². The highest BCUT2D eigenvalue weighted by molar-refractivity contribution is 5.88. The van der Waals surface area contributed by atoms with Crippen molar-refractivity contribution in [3.8, 4) is 11.5 Å². The third-order valence-corrected chi connectivity index (χ3v) is 3.94. The van der Waals surface area contributed by atoms with E-state index < -0.39 is 0 Å². The molecule has 0 radical (unpaired) electrons. The van der Waals surface area contributed by atoms with E-state index in [0.717, 1.165) is 17.1 Å². The molecule has 0 unspecified atom stereocenters. The number of methoxy groups -OCH3 is 2. The van der Waals surface area contributed by atoms with Crippen LogP contribution in [0.1, 0.15) is 11.1 Å². The number of rotatable bonds is 4. The molecule has 1 heterocycles. The third kappa shape index (κ3) is 3.04. The van der Waals surface area contributed by atoms with E-state index in [1.54, 1.807) is 14.2 Å². The van der Waals surface area contributed by atoms with Crippen LogP contribution in [-0.2, 0) is 7.05 Å². The molecule has 0 aliphatic carbocycles. The first-order valence-corrected chi connectivity index (χ1v) is 7.50. The minimum absolute atomic E-state index is 0.735. The Balaban J connectivity index is 1.99. The molecular formula is C20H20NO2+. The van der Waals surface area contributed by atoms with Gasteiger partial charge in [0.1, 0.15) is 7.05 Å². The first-order chi connectivity index (χ1) is 11.2. The maximum Gasteiger partial charge on any atom is 0.212 e. The van der Waals surface area contributed by atoms with Gasteiger partial charge in [-0.25, -0.2) is 4.57 Å². The molecule has 23 heavy (non-hydrogen) atoms. The van der Waals surface area contributed by atoms with Crippen LogP contribution in [-0.4, -0.2) is 14.2 Å². The molecule has 0 saturated heterocycles. The summed E-state index contributed by atoms with van der Waals surface area (Å²) in [5.41, 5.74) is 3.47. The SMILES string of the molecule is COc1ccc(/C=C/c2cc[n+](C)c3ccccc23)cc1OC. The van der Waals surface area contributed by atoms with Crippen molar-refractivity contribution in [2.45, 2.75) is 0 Å². The molecule has 3 nitrogen and oxygen atoms in total. The molecule has 3 heteroatoms. The molecular weight excluding hydrogens is 286 g/mol. The van der Waals surface area contributed by atoms with Gasteiger partial charge in [0.05, 0.1) is 19.6 Å². The number of hydrogen-bond donors (Lipinski definition) is 0. The Hall–Kier alpha value is -2.81. The van der Waals surface area contributed by atoms with Gasteiger partial charge in [0.15, 0.2) is 17.7 Å². The number of benzene rings is 2. The van der Waals surface area contributed by atoms with E-state index >= 15 is 0 Å². The summed E-state index contributed by atoms with van der Waals surface area (Å²) >= 11 is 0. The number of fused-ring (bicyclic) bond motifs is 1. The monoisotopic (exact) mass is 306 g/mol. The normalized spacial score (nSPS) is 11.1. The smallest absolute Gasteiger partial charge is 0.212 e. The Bertz CT molecular complexity index is 869. The van der Waals surface area contributed by atoms with Crippen LogP contribution in [0.2, 0.25) is 0 Å². The molecule has 0 fully saturated rings. The Morgan fingerprint density at radius 2 is 1.65 bits per heavy atom. The number of para-hydroxylation sites is 1. The largest absolute Gasteiger partial charge is 0.493 e. The Morgan fingerprint density at radius 3 is 2.43 bits per heavy atom. The standard InChI is InChI=1S/C20H20NO2/c1-21-13-12-16(17-6-4-5-7-18(17)21)10-8-15-9-11-19(22-2)20(14-15)23-3/h4-14H,1-3H3/q+1/b10-8+. The maximum absolute atomic E-state index is 5.35. The summed E-state index contributed by atoms with van der Waals surface area (Å²) in [5, 5.41) is 1.23. The van der Waals surface area contributed by atoms with E-state index in [9.17, 15) is 0 Å². The van der Waals surface area contributed by atoms with Crippen molar-refractivity contribution < 1.29 is 14.0 Å². The van der Waals surface area contributed by atoms with Gasteiger partial charge in [-0.05, 0) is 29.3 Å². The van der Waals surface area contributed by atoms with Gasteiger partial charge in [-0.2, -0.15) is 0 Å². The highest BCUT2D eigenvalue weighted by Crippen LogP contribution is 2.28. The van der Waals surface area contributed by atoms with Gasteiger partial charge in [0.25, 0.3) is 0 Å². The van der Waals surface area contributed by atoms with E-state index in [1.165, 1.54) is 16.5 Å². The quantitative estimate of drug-likeness (QED) is 0.683. The fourth-order valence-corrected chi connectivity index (χ4v) is 2.68. The van der Waals surface area contributed by atoms with Crippen LogP contribution in [0.15, 0.2) is 54.7 Å². The first kappa shape index (κ1) is 15.1. The van der Waals surface area contributed by atoms with Crippen LogP contribution in [0.3, 0.4) is 0 Å². The lowest BCUT2D eigenvalue weighted by Gasteiger charge is -2.07. The van der Waals surface area contributed by atoms with Gasteiger partial charge in [0.2, 0.25) is 5.52 Å². The van der Waals surface area contributed by atoms with Crippen LogP contribution in [0, 0.1) is 0 Å². The van der Waals surface area contributed by atoms with Crippen LogP contribution >= 0.6 is 0 Å². The van der Waals surface area contributed by atoms with E-state index in [2.05, 4.69) is 60.3 Å². The molecule has 116 valence electrons. The lowest BCUT2D eigenvalue weighted by molar-refractivity contribution is -0.644. The van der Waals surface area contributed by atoms with Gasteiger partial charge in [-0.1, -0.05) is 30.4 Å². The summed E-state index contributed by atoms with van der Waals surface area (Å²) in [6.07, 6.45) is 6.30. The fourth-order valence-electron chi connectivity index (χ4n) is 2.68.